The summed E-state index contributed by atoms with van der Waals surface area (Å²) in [5.41, 5.74) is 1.87. The summed E-state index contributed by atoms with van der Waals surface area (Å²) in [7, 11) is 1.67. The van der Waals surface area contributed by atoms with Crippen molar-refractivity contribution in [3.63, 3.8) is 0 Å². The molecule has 4 nitrogen and oxygen atoms in total. The van der Waals surface area contributed by atoms with Crippen LogP contribution in [0.2, 0.25) is 0 Å². The van der Waals surface area contributed by atoms with Gasteiger partial charge in [-0.3, -0.25) is 4.79 Å². The van der Waals surface area contributed by atoms with Crippen molar-refractivity contribution in [2.75, 3.05) is 12.4 Å². The molecule has 0 unspecified atom stereocenters. The van der Waals surface area contributed by atoms with Crippen LogP contribution in [0.3, 0.4) is 0 Å². The summed E-state index contributed by atoms with van der Waals surface area (Å²) in [6, 6.07) is 16.0. The lowest BCUT2D eigenvalue weighted by atomic mass is 10.0. The van der Waals surface area contributed by atoms with E-state index in [0.717, 1.165) is 32.7 Å². The third-order valence-corrected chi connectivity index (χ3v) is 5.68. The fourth-order valence-corrected chi connectivity index (χ4v) is 4.29. The maximum absolute atomic E-state index is 12.2. The van der Waals surface area contributed by atoms with E-state index < -0.39 is 0 Å². The molecule has 2 heterocycles. The lowest BCUT2D eigenvalue weighted by Crippen LogP contribution is -2.13. The van der Waals surface area contributed by atoms with Crippen LogP contribution >= 0.6 is 22.7 Å². The van der Waals surface area contributed by atoms with E-state index in [1.165, 1.54) is 11.3 Å². The molecule has 4 rings (SSSR count). The first-order valence-electron chi connectivity index (χ1n) is 8.08. The number of benzene rings is 2. The number of thiazole rings is 1. The van der Waals surface area contributed by atoms with Crippen LogP contribution in [-0.4, -0.2) is 18.0 Å². The molecule has 6 heteroatoms. The fraction of sp³-hybridized carbons (Fsp3) is 0.100. The summed E-state index contributed by atoms with van der Waals surface area (Å²) in [5.74, 6) is 0.789. The van der Waals surface area contributed by atoms with E-state index >= 15 is 0 Å². The highest BCUT2D eigenvalue weighted by Crippen LogP contribution is 2.35. The molecule has 0 fully saturated rings. The quantitative estimate of drug-likeness (QED) is 0.517. The second-order valence-corrected chi connectivity index (χ2v) is 7.59. The largest absolute Gasteiger partial charge is 0.496 e. The highest BCUT2D eigenvalue weighted by atomic mass is 32.1. The standard InChI is InChI=1S/C20H16N2O2S2/c1-24-18-9-8-15(14-6-2-3-7-16(14)18)17-12-26-20(21-17)22-19(23)11-13-5-4-10-25-13/h2-10,12H,11H2,1H3,(H,21,22,23). The topological polar surface area (TPSA) is 51.2 Å². The van der Waals surface area contributed by atoms with Gasteiger partial charge in [-0.15, -0.1) is 22.7 Å². The van der Waals surface area contributed by atoms with Crippen molar-refractivity contribution >= 4 is 44.5 Å². The maximum Gasteiger partial charge on any atom is 0.231 e. The number of rotatable bonds is 5. The molecular weight excluding hydrogens is 364 g/mol. The van der Waals surface area contributed by atoms with Crippen molar-refractivity contribution in [2.24, 2.45) is 0 Å². The zero-order chi connectivity index (χ0) is 17.9. The molecule has 4 aromatic rings. The van der Waals surface area contributed by atoms with E-state index in [2.05, 4.69) is 16.4 Å². The number of amides is 1. The average molecular weight is 380 g/mol. The Morgan fingerprint density at radius 2 is 1.92 bits per heavy atom. The summed E-state index contributed by atoms with van der Waals surface area (Å²) in [6.07, 6.45) is 0.373. The number of hydrogen-bond acceptors (Lipinski definition) is 5. The highest BCUT2D eigenvalue weighted by Gasteiger charge is 2.12. The Bertz CT molecular complexity index is 1050. The average Bonchev–Trinajstić information content (AvgIpc) is 3.33. The molecule has 0 radical (unpaired) electrons. The number of nitrogens with one attached hydrogen (secondary N) is 1. The fourth-order valence-electron chi connectivity index (χ4n) is 2.86. The Morgan fingerprint density at radius 1 is 1.08 bits per heavy atom. The number of ether oxygens (including phenoxy) is 1. The van der Waals surface area contributed by atoms with E-state index in [-0.39, 0.29) is 5.91 Å². The number of methoxy groups -OCH3 is 1. The van der Waals surface area contributed by atoms with Crippen molar-refractivity contribution in [2.45, 2.75) is 6.42 Å². The molecule has 1 N–H and O–H groups in total. The van der Waals surface area contributed by atoms with Crippen LogP contribution in [0.15, 0.2) is 59.3 Å². The number of anilines is 1. The zero-order valence-electron chi connectivity index (χ0n) is 14.1. The number of carbonyl (C=O) groups is 1. The van der Waals surface area contributed by atoms with Crippen molar-refractivity contribution in [3.8, 4) is 17.0 Å². The lowest BCUT2D eigenvalue weighted by molar-refractivity contribution is -0.115. The second kappa shape index (κ2) is 7.27. The summed E-state index contributed by atoms with van der Waals surface area (Å²) >= 11 is 3.01. The van der Waals surface area contributed by atoms with Crippen molar-refractivity contribution in [3.05, 3.63) is 64.2 Å². The predicted molar refractivity (Wildman–Crippen MR) is 108 cm³/mol. The molecule has 1 amide bonds. The molecule has 0 bridgehead atoms. The van der Waals surface area contributed by atoms with E-state index in [1.807, 2.05) is 53.2 Å². The normalized spacial score (nSPS) is 10.8. The zero-order valence-corrected chi connectivity index (χ0v) is 15.7. The van der Waals surface area contributed by atoms with Crippen LogP contribution in [0, 0.1) is 0 Å². The summed E-state index contributed by atoms with van der Waals surface area (Å²) < 4.78 is 5.45. The van der Waals surface area contributed by atoms with Gasteiger partial charge in [0.05, 0.1) is 19.2 Å². The SMILES string of the molecule is COc1ccc(-c2csc(NC(=O)Cc3cccs3)n2)c2ccccc12. The van der Waals surface area contributed by atoms with Gasteiger partial charge in [0.1, 0.15) is 5.75 Å². The maximum atomic E-state index is 12.2. The third-order valence-electron chi connectivity index (χ3n) is 4.05. The third kappa shape index (κ3) is 3.34. The van der Waals surface area contributed by atoms with Gasteiger partial charge in [-0.25, -0.2) is 4.98 Å². The first kappa shape index (κ1) is 16.8. The van der Waals surface area contributed by atoms with Crippen LogP contribution in [0.5, 0.6) is 5.75 Å². The number of nitrogens with zero attached hydrogens (tertiary/aromatic N) is 1. The van der Waals surface area contributed by atoms with Crippen molar-refractivity contribution in [1.29, 1.82) is 0 Å². The molecule has 0 aliphatic rings. The number of thiophene rings is 1. The van der Waals surface area contributed by atoms with E-state index in [1.54, 1.807) is 18.4 Å². The van der Waals surface area contributed by atoms with Gasteiger partial charge in [-0.1, -0.05) is 30.3 Å². The summed E-state index contributed by atoms with van der Waals surface area (Å²) in [6.45, 7) is 0. The van der Waals surface area contributed by atoms with Gasteiger partial charge in [0, 0.05) is 21.2 Å². The molecule has 130 valence electrons. The minimum atomic E-state index is -0.0482. The minimum absolute atomic E-state index is 0.0482. The van der Waals surface area contributed by atoms with Crippen molar-refractivity contribution < 1.29 is 9.53 Å². The van der Waals surface area contributed by atoms with Crippen LogP contribution in [0.1, 0.15) is 4.88 Å². The number of hydrogen-bond donors (Lipinski definition) is 1. The molecule has 0 saturated carbocycles. The van der Waals surface area contributed by atoms with E-state index in [9.17, 15) is 4.79 Å². The predicted octanol–water partition coefficient (Wildman–Crippen LogP) is 5.21. The molecule has 2 aromatic carbocycles. The van der Waals surface area contributed by atoms with Gasteiger partial charge >= 0.3 is 0 Å². The van der Waals surface area contributed by atoms with Crippen LogP contribution in [0.25, 0.3) is 22.0 Å². The van der Waals surface area contributed by atoms with E-state index in [0.29, 0.717) is 11.6 Å². The molecule has 2 aromatic heterocycles. The van der Waals surface area contributed by atoms with Gasteiger partial charge in [-0.05, 0) is 29.0 Å². The molecule has 0 spiro atoms. The molecule has 0 aliphatic heterocycles. The van der Waals surface area contributed by atoms with Crippen LogP contribution in [0.4, 0.5) is 5.13 Å². The van der Waals surface area contributed by atoms with Gasteiger partial charge in [-0.2, -0.15) is 0 Å². The number of carbonyl (C=O) groups excluding carboxylic acids is 1. The second-order valence-electron chi connectivity index (χ2n) is 5.70. The van der Waals surface area contributed by atoms with Crippen LogP contribution < -0.4 is 10.1 Å². The first-order valence-corrected chi connectivity index (χ1v) is 9.84. The Morgan fingerprint density at radius 3 is 2.69 bits per heavy atom. The van der Waals surface area contributed by atoms with Crippen molar-refractivity contribution in [1.82, 2.24) is 4.98 Å². The van der Waals surface area contributed by atoms with Gasteiger partial charge < -0.3 is 10.1 Å². The highest BCUT2D eigenvalue weighted by molar-refractivity contribution is 7.14. The Kier molecular flexibility index (Phi) is 4.69. The van der Waals surface area contributed by atoms with Gasteiger partial charge in [0.15, 0.2) is 5.13 Å². The Labute approximate surface area is 159 Å². The Hall–Kier alpha value is -2.70. The first-order chi connectivity index (χ1) is 12.7. The molecule has 0 aliphatic carbocycles. The van der Waals surface area contributed by atoms with Gasteiger partial charge in [0.2, 0.25) is 5.91 Å². The summed E-state index contributed by atoms with van der Waals surface area (Å²) in [5, 5.41) is 9.56. The lowest BCUT2D eigenvalue weighted by Gasteiger charge is -2.08. The monoisotopic (exact) mass is 380 g/mol. The minimum Gasteiger partial charge on any atom is -0.496 e. The number of fused-ring (bicyclic) bond motifs is 1. The van der Waals surface area contributed by atoms with Crippen LogP contribution in [-0.2, 0) is 11.2 Å². The number of aromatic nitrogens is 1. The molecule has 0 saturated heterocycles. The Balaban J connectivity index is 1.60. The summed E-state index contributed by atoms with van der Waals surface area (Å²) in [4.78, 5) is 17.8. The smallest absolute Gasteiger partial charge is 0.231 e. The van der Waals surface area contributed by atoms with Gasteiger partial charge in [0.25, 0.3) is 0 Å². The molecule has 26 heavy (non-hydrogen) atoms. The van der Waals surface area contributed by atoms with E-state index in [4.69, 9.17) is 4.74 Å². The molecule has 0 atom stereocenters. The molecular formula is C20H16N2O2S2.